The predicted octanol–water partition coefficient (Wildman–Crippen LogP) is 4.17. The van der Waals surface area contributed by atoms with Crippen LogP contribution in [0.4, 0.5) is 23.2 Å². The normalized spacial score (nSPS) is 11.3. The summed E-state index contributed by atoms with van der Waals surface area (Å²) in [7, 11) is 0. The molecular weight excluding hydrogens is 480 g/mol. The van der Waals surface area contributed by atoms with E-state index in [9.17, 15) is 27.2 Å². The molecule has 182 valence electrons. The van der Waals surface area contributed by atoms with E-state index in [0.717, 1.165) is 16.8 Å². The Morgan fingerprint density at radius 2 is 1.89 bits per heavy atom. The molecule has 0 saturated carbocycles. The Morgan fingerprint density at radius 1 is 1.17 bits per heavy atom. The zero-order valence-electron chi connectivity index (χ0n) is 18.5. The molecule has 4 rings (SSSR count). The Kier molecular flexibility index (Phi) is 6.15. The number of carbonyl (C=O) groups is 2. The minimum absolute atomic E-state index is 0.0139. The maximum Gasteiger partial charge on any atom is 0.437 e. The summed E-state index contributed by atoms with van der Waals surface area (Å²) in [5.41, 5.74) is 3.36. The minimum atomic E-state index is -4.91. The van der Waals surface area contributed by atoms with Crippen molar-refractivity contribution < 1.29 is 27.2 Å². The number of amides is 2. The van der Waals surface area contributed by atoms with Gasteiger partial charge >= 0.3 is 6.18 Å². The topological polar surface area (TPSA) is 127 Å². The number of nitriles is 1. The second-order valence-corrected chi connectivity index (χ2v) is 7.78. The van der Waals surface area contributed by atoms with Crippen LogP contribution in [-0.2, 0) is 12.7 Å². The molecular formula is C24H16F4N6O2. The van der Waals surface area contributed by atoms with Gasteiger partial charge < -0.3 is 11.1 Å². The Balaban J connectivity index is 1.75. The minimum Gasteiger partial charge on any atom is -0.366 e. The van der Waals surface area contributed by atoms with Crippen LogP contribution < -0.4 is 11.1 Å². The molecule has 2 heterocycles. The van der Waals surface area contributed by atoms with Crippen molar-refractivity contribution in [3.8, 4) is 6.07 Å². The molecule has 0 radical (unpaired) electrons. The molecule has 0 bridgehead atoms. The molecule has 0 spiro atoms. The number of rotatable bonds is 5. The standard InChI is InChI=1S/C24H16F4N6O2/c1-12-20(21(24(26,27)28)33-34(12)11-14-5-2-4-13(8-14)10-29)32-23(36)18-9-15(22(30)35)19-16(25)6-3-7-17(19)31-18/h2-9H,11H2,1H3,(H2,30,35)(H,32,36). The molecule has 2 amide bonds. The Bertz CT molecular complexity index is 1570. The van der Waals surface area contributed by atoms with Crippen molar-refractivity contribution in [3.05, 3.63) is 88.1 Å². The summed E-state index contributed by atoms with van der Waals surface area (Å²) >= 11 is 0. The van der Waals surface area contributed by atoms with E-state index >= 15 is 0 Å². The molecule has 2 aromatic heterocycles. The number of hydrogen-bond donors (Lipinski definition) is 2. The third kappa shape index (κ3) is 4.58. The highest BCUT2D eigenvalue weighted by Gasteiger charge is 2.39. The number of hydrogen-bond acceptors (Lipinski definition) is 5. The monoisotopic (exact) mass is 496 g/mol. The van der Waals surface area contributed by atoms with Gasteiger partial charge in [-0.25, -0.2) is 9.37 Å². The first kappa shape index (κ1) is 24.3. The summed E-state index contributed by atoms with van der Waals surface area (Å²) in [5, 5.41) is 14.7. The predicted molar refractivity (Wildman–Crippen MR) is 120 cm³/mol. The summed E-state index contributed by atoms with van der Waals surface area (Å²) in [5.74, 6) is -2.91. The van der Waals surface area contributed by atoms with Gasteiger partial charge in [0.15, 0.2) is 5.69 Å². The quantitative estimate of drug-likeness (QED) is 0.401. The van der Waals surface area contributed by atoms with Crippen LogP contribution in [0.25, 0.3) is 10.9 Å². The zero-order chi connectivity index (χ0) is 26.2. The molecule has 36 heavy (non-hydrogen) atoms. The van der Waals surface area contributed by atoms with Gasteiger partial charge in [-0.05, 0) is 42.8 Å². The molecule has 0 saturated heterocycles. The summed E-state index contributed by atoms with van der Waals surface area (Å²) in [6, 6.07) is 12.9. The van der Waals surface area contributed by atoms with Crippen LogP contribution in [0.5, 0.6) is 0 Å². The number of anilines is 1. The molecule has 0 aliphatic rings. The number of nitrogens with two attached hydrogens (primary N) is 1. The van der Waals surface area contributed by atoms with E-state index in [4.69, 9.17) is 11.0 Å². The van der Waals surface area contributed by atoms with E-state index in [1.807, 2.05) is 6.07 Å². The lowest BCUT2D eigenvalue weighted by Crippen LogP contribution is -2.20. The van der Waals surface area contributed by atoms with Gasteiger partial charge in [-0.3, -0.25) is 14.3 Å². The number of benzene rings is 2. The third-order valence-corrected chi connectivity index (χ3v) is 5.38. The summed E-state index contributed by atoms with van der Waals surface area (Å²) in [6.45, 7) is 1.24. The van der Waals surface area contributed by atoms with Crippen molar-refractivity contribution in [2.24, 2.45) is 5.73 Å². The van der Waals surface area contributed by atoms with Gasteiger partial charge in [-0.2, -0.15) is 23.5 Å². The number of alkyl halides is 3. The number of pyridine rings is 1. The number of carbonyl (C=O) groups excluding carboxylic acids is 2. The molecule has 12 heteroatoms. The van der Waals surface area contributed by atoms with Crippen LogP contribution in [-0.4, -0.2) is 26.6 Å². The van der Waals surface area contributed by atoms with Gasteiger partial charge in [0.25, 0.3) is 5.91 Å². The number of fused-ring (bicyclic) bond motifs is 1. The van der Waals surface area contributed by atoms with E-state index in [-0.39, 0.29) is 28.7 Å². The lowest BCUT2D eigenvalue weighted by atomic mass is 10.1. The molecule has 8 nitrogen and oxygen atoms in total. The molecule has 0 fully saturated rings. The van der Waals surface area contributed by atoms with Crippen molar-refractivity contribution in [3.63, 3.8) is 0 Å². The fourth-order valence-corrected chi connectivity index (χ4v) is 3.69. The van der Waals surface area contributed by atoms with Crippen LogP contribution in [0.3, 0.4) is 0 Å². The highest BCUT2D eigenvalue weighted by molar-refractivity contribution is 6.10. The molecule has 3 N–H and O–H groups in total. The maximum atomic E-state index is 14.3. The number of aromatic nitrogens is 3. The summed E-state index contributed by atoms with van der Waals surface area (Å²) in [6.07, 6.45) is -4.91. The van der Waals surface area contributed by atoms with E-state index < -0.39 is 40.9 Å². The first-order chi connectivity index (χ1) is 17.0. The average molecular weight is 496 g/mol. The van der Waals surface area contributed by atoms with Gasteiger partial charge in [-0.15, -0.1) is 0 Å². The van der Waals surface area contributed by atoms with Crippen LogP contribution in [0, 0.1) is 24.1 Å². The van der Waals surface area contributed by atoms with Crippen LogP contribution in [0.1, 0.15) is 43.4 Å². The highest BCUT2D eigenvalue weighted by atomic mass is 19.4. The molecule has 0 unspecified atom stereocenters. The van der Waals surface area contributed by atoms with E-state index in [1.54, 1.807) is 18.2 Å². The molecule has 2 aromatic carbocycles. The first-order valence-electron chi connectivity index (χ1n) is 10.3. The maximum absolute atomic E-state index is 14.3. The van der Waals surface area contributed by atoms with Crippen molar-refractivity contribution in [2.75, 3.05) is 5.32 Å². The largest absolute Gasteiger partial charge is 0.437 e. The Labute approximate surface area is 201 Å². The van der Waals surface area contributed by atoms with Crippen LogP contribution in [0.15, 0.2) is 48.5 Å². The van der Waals surface area contributed by atoms with Gasteiger partial charge in [0.05, 0.1) is 40.6 Å². The van der Waals surface area contributed by atoms with Crippen LogP contribution >= 0.6 is 0 Å². The second-order valence-electron chi connectivity index (χ2n) is 7.78. The fourth-order valence-electron chi connectivity index (χ4n) is 3.69. The van der Waals surface area contributed by atoms with Crippen molar-refractivity contribution in [2.45, 2.75) is 19.6 Å². The van der Waals surface area contributed by atoms with Crippen molar-refractivity contribution in [1.82, 2.24) is 14.8 Å². The second kappa shape index (κ2) is 9.10. The number of nitrogens with one attached hydrogen (secondary N) is 1. The number of halogens is 4. The highest BCUT2D eigenvalue weighted by Crippen LogP contribution is 2.36. The lowest BCUT2D eigenvalue weighted by Gasteiger charge is -2.11. The van der Waals surface area contributed by atoms with Gasteiger partial charge in [-0.1, -0.05) is 18.2 Å². The average Bonchev–Trinajstić information content (AvgIpc) is 3.14. The van der Waals surface area contributed by atoms with Gasteiger partial charge in [0.2, 0.25) is 5.91 Å². The fraction of sp³-hybridized carbons (Fsp3) is 0.125. The van der Waals surface area contributed by atoms with Crippen molar-refractivity contribution >= 4 is 28.4 Å². The Morgan fingerprint density at radius 3 is 2.56 bits per heavy atom. The van der Waals surface area contributed by atoms with E-state index in [2.05, 4.69) is 15.4 Å². The number of nitrogens with zero attached hydrogens (tertiary/aromatic N) is 4. The van der Waals surface area contributed by atoms with E-state index in [1.165, 1.54) is 25.1 Å². The van der Waals surface area contributed by atoms with Gasteiger partial charge in [0.1, 0.15) is 11.5 Å². The van der Waals surface area contributed by atoms with Crippen molar-refractivity contribution in [1.29, 1.82) is 5.26 Å². The lowest BCUT2D eigenvalue weighted by molar-refractivity contribution is -0.140. The number of primary amides is 1. The van der Waals surface area contributed by atoms with E-state index in [0.29, 0.717) is 11.1 Å². The summed E-state index contributed by atoms with van der Waals surface area (Å²) in [4.78, 5) is 28.8. The summed E-state index contributed by atoms with van der Waals surface area (Å²) < 4.78 is 56.7. The molecule has 0 aliphatic heterocycles. The third-order valence-electron chi connectivity index (χ3n) is 5.38. The van der Waals surface area contributed by atoms with Gasteiger partial charge in [0, 0.05) is 5.39 Å². The SMILES string of the molecule is Cc1c(NC(=O)c2cc(C(N)=O)c3c(F)cccc3n2)c(C(F)(F)F)nn1Cc1cccc(C#N)c1. The molecule has 0 aliphatic carbocycles. The van der Waals surface area contributed by atoms with Crippen LogP contribution in [0.2, 0.25) is 0 Å². The Hall–Kier alpha value is -4.79. The smallest absolute Gasteiger partial charge is 0.366 e. The first-order valence-corrected chi connectivity index (χ1v) is 10.3. The molecule has 4 aromatic rings. The zero-order valence-corrected chi connectivity index (χ0v) is 18.5. The molecule has 0 atom stereocenters.